The van der Waals surface area contributed by atoms with Crippen molar-refractivity contribution in [3.05, 3.63) is 0 Å². The second-order valence-electron chi connectivity index (χ2n) is 4.22. The van der Waals surface area contributed by atoms with Crippen molar-refractivity contribution in [3.8, 4) is 0 Å². The Morgan fingerprint density at radius 2 is 2.25 bits per heavy atom. The van der Waals surface area contributed by atoms with E-state index in [4.69, 9.17) is 9.47 Å². The normalized spacial score (nSPS) is 25.8. The average molecular weight is 231 g/mol. The van der Waals surface area contributed by atoms with Gasteiger partial charge in [-0.2, -0.15) is 0 Å². The first-order valence-electron chi connectivity index (χ1n) is 5.67. The SMILES string of the molecule is COCCOCC(=O)N1CCC(O)C(C)C1. The van der Waals surface area contributed by atoms with Gasteiger partial charge in [0.05, 0.1) is 19.3 Å². The number of amides is 1. The molecule has 0 bridgehead atoms. The lowest BCUT2D eigenvalue weighted by atomic mass is 9.97. The maximum absolute atomic E-state index is 11.7. The first kappa shape index (κ1) is 13.4. The third kappa shape index (κ3) is 4.08. The minimum Gasteiger partial charge on any atom is -0.393 e. The molecule has 1 heterocycles. The molecule has 1 saturated heterocycles. The van der Waals surface area contributed by atoms with Gasteiger partial charge in [0.15, 0.2) is 0 Å². The van der Waals surface area contributed by atoms with Gasteiger partial charge in [0, 0.05) is 20.2 Å². The Morgan fingerprint density at radius 1 is 1.50 bits per heavy atom. The molecule has 16 heavy (non-hydrogen) atoms. The molecule has 0 aromatic heterocycles. The van der Waals surface area contributed by atoms with Gasteiger partial charge in [0.25, 0.3) is 0 Å². The minimum atomic E-state index is -0.279. The van der Waals surface area contributed by atoms with Gasteiger partial charge in [0.1, 0.15) is 6.61 Å². The predicted octanol–water partition coefficient (Wildman–Crippen LogP) is -0.121. The highest BCUT2D eigenvalue weighted by molar-refractivity contribution is 5.77. The highest BCUT2D eigenvalue weighted by atomic mass is 16.5. The van der Waals surface area contributed by atoms with Gasteiger partial charge in [0.2, 0.25) is 5.91 Å². The van der Waals surface area contributed by atoms with E-state index in [1.54, 1.807) is 12.0 Å². The van der Waals surface area contributed by atoms with Crippen LogP contribution in [-0.2, 0) is 14.3 Å². The van der Waals surface area contributed by atoms with Crippen LogP contribution < -0.4 is 0 Å². The summed E-state index contributed by atoms with van der Waals surface area (Å²) >= 11 is 0. The zero-order chi connectivity index (χ0) is 12.0. The summed E-state index contributed by atoms with van der Waals surface area (Å²) in [5.41, 5.74) is 0. The van der Waals surface area contributed by atoms with E-state index >= 15 is 0 Å². The Balaban J connectivity index is 2.21. The van der Waals surface area contributed by atoms with E-state index < -0.39 is 0 Å². The second kappa shape index (κ2) is 6.83. The summed E-state index contributed by atoms with van der Waals surface area (Å²) in [5.74, 6) is 0.145. The molecule has 2 atom stereocenters. The first-order valence-corrected chi connectivity index (χ1v) is 5.67. The van der Waals surface area contributed by atoms with Gasteiger partial charge < -0.3 is 19.5 Å². The second-order valence-corrected chi connectivity index (χ2v) is 4.22. The number of ether oxygens (including phenoxy) is 2. The molecule has 1 aliphatic heterocycles. The summed E-state index contributed by atoms with van der Waals surface area (Å²) in [6.07, 6.45) is 0.379. The molecule has 1 rings (SSSR count). The van der Waals surface area contributed by atoms with Crippen molar-refractivity contribution in [2.45, 2.75) is 19.4 Å². The van der Waals surface area contributed by atoms with Crippen molar-refractivity contribution in [2.24, 2.45) is 5.92 Å². The van der Waals surface area contributed by atoms with Crippen molar-refractivity contribution < 1.29 is 19.4 Å². The van der Waals surface area contributed by atoms with E-state index in [0.717, 1.165) is 0 Å². The number of likely N-dealkylation sites (tertiary alicyclic amines) is 1. The van der Waals surface area contributed by atoms with Gasteiger partial charge >= 0.3 is 0 Å². The van der Waals surface area contributed by atoms with Crippen LogP contribution in [0.4, 0.5) is 0 Å². The summed E-state index contributed by atoms with van der Waals surface area (Å²) in [7, 11) is 1.60. The van der Waals surface area contributed by atoms with E-state index in [0.29, 0.717) is 32.7 Å². The molecule has 1 amide bonds. The average Bonchev–Trinajstić information content (AvgIpc) is 2.28. The van der Waals surface area contributed by atoms with Crippen LogP contribution in [0, 0.1) is 5.92 Å². The summed E-state index contributed by atoms with van der Waals surface area (Å²) in [6.45, 7) is 4.24. The van der Waals surface area contributed by atoms with Gasteiger partial charge in [-0.05, 0) is 12.3 Å². The molecule has 0 aromatic rings. The largest absolute Gasteiger partial charge is 0.393 e. The van der Waals surface area contributed by atoms with Crippen LogP contribution in [0.3, 0.4) is 0 Å². The lowest BCUT2D eigenvalue weighted by Gasteiger charge is -2.34. The quantitative estimate of drug-likeness (QED) is 0.670. The number of rotatable bonds is 5. The molecule has 0 spiro atoms. The molecule has 1 fully saturated rings. The van der Waals surface area contributed by atoms with Gasteiger partial charge in [-0.1, -0.05) is 6.92 Å². The fourth-order valence-electron chi connectivity index (χ4n) is 1.75. The summed E-state index contributed by atoms with van der Waals surface area (Å²) in [4.78, 5) is 13.4. The molecule has 2 unspecified atom stereocenters. The maximum Gasteiger partial charge on any atom is 0.248 e. The van der Waals surface area contributed by atoms with Crippen LogP contribution in [0.25, 0.3) is 0 Å². The van der Waals surface area contributed by atoms with Crippen molar-refractivity contribution in [2.75, 3.05) is 40.0 Å². The van der Waals surface area contributed by atoms with E-state index in [2.05, 4.69) is 0 Å². The number of piperidine rings is 1. The molecule has 5 nitrogen and oxygen atoms in total. The van der Waals surface area contributed by atoms with E-state index in [-0.39, 0.29) is 24.5 Å². The molecule has 1 N–H and O–H groups in total. The van der Waals surface area contributed by atoms with Crippen LogP contribution in [0.5, 0.6) is 0 Å². The zero-order valence-corrected chi connectivity index (χ0v) is 10.0. The molecular formula is C11H21NO4. The lowest BCUT2D eigenvalue weighted by Crippen LogP contribution is -2.46. The molecule has 5 heteroatoms. The number of carbonyl (C=O) groups excluding carboxylic acids is 1. The highest BCUT2D eigenvalue weighted by Crippen LogP contribution is 2.16. The van der Waals surface area contributed by atoms with Gasteiger partial charge in [-0.3, -0.25) is 4.79 Å². The van der Waals surface area contributed by atoms with Crippen molar-refractivity contribution in [3.63, 3.8) is 0 Å². The van der Waals surface area contributed by atoms with Crippen molar-refractivity contribution in [1.29, 1.82) is 0 Å². The molecule has 0 saturated carbocycles. The molecule has 1 aliphatic rings. The number of aliphatic hydroxyl groups excluding tert-OH is 1. The number of aliphatic hydroxyl groups is 1. The van der Waals surface area contributed by atoms with Gasteiger partial charge in [-0.15, -0.1) is 0 Å². The molecule has 0 radical (unpaired) electrons. The standard InChI is InChI=1S/C11H21NO4/c1-9-7-12(4-3-10(9)13)11(14)8-16-6-5-15-2/h9-10,13H,3-8H2,1-2H3. The Labute approximate surface area is 96.3 Å². The van der Waals surface area contributed by atoms with E-state index in [9.17, 15) is 9.90 Å². The van der Waals surface area contributed by atoms with E-state index in [1.807, 2.05) is 6.92 Å². The van der Waals surface area contributed by atoms with Crippen LogP contribution in [-0.4, -0.2) is 62.0 Å². The Kier molecular flexibility index (Phi) is 5.73. The summed E-state index contributed by atoms with van der Waals surface area (Å²) in [6, 6.07) is 0. The zero-order valence-electron chi connectivity index (χ0n) is 10.0. The molecular weight excluding hydrogens is 210 g/mol. The lowest BCUT2D eigenvalue weighted by molar-refractivity contribution is -0.140. The first-order chi connectivity index (χ1) is 7.65. The third-order valence-corrected chi connectivity index (χ3v) is 2.87. The monoisotopic (exact) mass is 231 g/mol. The predicted molar refractivity (Wildman–Crippen MR) is 59.1 cm³/mol. The fraction of sp³-hybridized carbons (Fsp3) is 0.909. The smallest absolute Gasteiger partial charge is 0.248 e. The number of hydrogen-bond donors (Lipinski definition) is 1. The number of methoxy groups -OCH3 is 1. The Hall–Kier alpha value is -0.650. The summed E-state index contributed by atoms with van der Waals surface area (Å²) < 4.78 is 9.99. The topological polar surface area (TPSA) is 59.0 Å². The molecule has 94 valence electrons. The van der Waals surface area contributed by atoms with Crippen LogP contribution in [0.1, 0.15) is 13.3 Å². The van der Waals surface area contributed by atoms with Crippen molar-refractivity contribution in [1.82, 2.24) is 4.90 Å². The third-order valence-electron chi connectivity index (χ3n) is 2.87. The minimum absolute atomic E-state index is 0.00477. The van der Waals surface area contributed by atoms with Crippen LogP contribution >= 0.6 is 0 Å². The van der Waals surface area contributed by atoms with Crippen molar-refractivity contribution >= 4 is 5.91 Å². The summed E-state index contributed by atoms with van der Waals surface area (Å²) in [5, 5.41) is 9.54. The Morgan fingerprint density at radius 3 is 2.88 bits per heavy atom. The fourth-order valence-corrected chi connectivity index (χ4v) is 1.75. The van der Waals surface area contributed by atoms with Gasteiger partial charge in [-0.25, -0.2) is 0 Å². The Bertz CT molecular complexity index is 222. The van der Waals surface area contributed by atoms with Crippen LogP contribution in [0.15, 0.2) is 0 Å². The highest BCUT2D eigenvalue weighted by Gasteiger charge is 2.26. The molecule has 0 aromatic carbocycles. The van der Waals surface area contributed by atoms with Crippen LogP contribution in [0.2, 0.25) is 0 Å². The molecule has 0 aliphatic carbocycles. The number of hydrogen-bond acceptors (Lipinski definition) is 4. The van der Waals surface area contributed by atoms with E-state index in [1.165, 1.54) is 0 Å². The number of carbonyl (C=O) groups is 1. The maximum atomic E-state index is 11.7. The number of nitrogens with zero attached hydrogens (tertiary/aromatic N) is 1.